The van der Waals surface area contributed by atoms with E-state index in [1.807, 2.05) is 19.1 Å². The summed E-state index contributed by atoms with van der Waals surface area (Å²) >= 11 is 2.46. The number of fused-ring (bicyclic) bond motifs is 3. The van der Waals surface area contributed by atoms with Gasteiger partial charge in [0.2, 0.25) is 5.91 Å². The molecule has 2 N–H and O–H groups in total. The number of aromatic nitrogens is 4. The molecule has 8 nitrogen and oxygen atoms in total. The van der Waals surface area contributed by atoms with Gasteiger partial charge in [-0.25, -0.2) is 14.1 Å². The first kappa shape index (κ1) is 23.2. The third-order valence-corrected chi connectivity index (χ3v) is 7.10. The minimum atomic E-state index is -0.522. The number of hydrogen-bond donors (Lipinski definition) is 2. The van der Waals surface area contributed by atoms with Crippen LogP contribution in [-0.2, 0) is 17.6 Å². The van der Waals surface area contributed by atoms with E-state index in [1.165, 1.54) is 24.3 Å². The molecule has 0 aliphatic heterocycles. The standard InChI is InChI=1S/C24H21FN6O2S2/c1-3-34-24(33)28-15-6-9-19(17(25)11-15)31-21-16(20(30-31)14-5-4-10-26-12-14)7-8-18-22(21)35-23(29-18)27-13(2)32/h4-6,9-12H,3,7-8H2,1-2H3,(H,28,33)(H,27,29,32). The summed E-state index contributed by atoms with van der Waals surface area (Å²) in [5, 5.41) is 10.5. The second-order valence-corrected chi connectivity index (χ2v) is 10.1. The van der Waals surface area contributed by atoms with Gasteiger partial charge in [0.25, 0.3) is 5.24 Å². The summed E-state index contributed by atoms with van der Waals surface area (Å²) in [5.41, 5.74) is 4.74. The van der Waals surface area contributed by atoms with Crippen molar-refractivity contribution in [3.05, 3.63) is 59.8 Å². The molecule has 0 atom stereocenters. The molecular weight excluding hydrogens is 487 g/mol. The molecule has 0 spiro atoms. The summed E-state index contributed by atoms with van der Waals surface area (Å²) in [7, 11) is 0. The highest BCUT2D eigenvalue weighted by atomic mass is 32.2. The van der Waals surface area contributed by atoms with E-state index in [-0.39, 0.29) is 16.8 Å². The topological polar surface area (TPSA) is 102 Å². The molecule has 3 heterocycles. The van der Waals surface area contributed by atoms with Gasteiger partial charge >= 0.3 is 0 Å². The molecule has 2 amide bonds. The highest BCUT2D eigenvalue weighted by molar-refractivity contribution is 8.13. The van der Waals surface area contributed by atoms with E-state index in [4.69, 9.17) is 5.10 Å². The summed E-state index contributed by atoms with van der Waals surface area (Å²) in [5.74, 6) is -0.0995. The number of nitrogens with zero attached hydrogens (tertiary/aromatic N) is 4. The van der Waals surface area contributed by atoms with Crippen molar-refractivity contribution in [1.82, 2.24) is 19.7 Å². The molecule has 0 unspecified atom stereocenters. The number of rotatable bonds is 5. The molecule has 1 aromatic carbocycles. The number of benzene rings is 1. The number of thioether (sulfide) groups is 1. The second-order valence-electron chi connectivity index (χ2n) is 7.82. The number of halogens is 1. The van der Waals surface area contributed by atoms with Gasteiger partial charge in [-0.2, -0.15) is 5.10 Å². The summed E-state index contributed by atoms with van der Waals surface area (Å²) in [6.07, 6.45) is 4.77. The Balaban J connectivity index is 1.64. The van der Waals surface area contributed by atoms with Gasteiger partial charge < -0.3 is 10.6 Å². The molecular formula is C24H21FN6O2S2. The number of carbonyl (C=O) groups is 2. The maximum Gasteiger partial charge on any atom is 0.283 e. The van der Waals surface area contributed by atoms with Gasteiger partial charge in [0.05, 0.1) is 22.0 Å². The Morgan fingerprint density at radius 2 is 2.09 bits per heavy atom. The van der Waals surface area contributed by atoms with Gasteiger partial charge in [0.15, 0.2) is 10.9 Å². The van der Waals surface area contributed by atoms with Crippen LogP contribution in [-0.4, -0.2) is 36.6 Å². The van der Waals surface area contributed by atoms with Crippen LogP contribution in [0.1, 0.15) is 25.1 Å². The first-order valence-corrected chi connectivity index (χ1v) is 12.8. The average molecular weight is 509 g/mol. The Labute approximate surface area is 209 Å². The van der Waals surface area contributed by atoms with Crippen LogP contribution in [0, 0.1) is 5.82 Å². The van der Waals surface area contributed by atoms with Crippen molar-refractivity contribution in [2.24, 2.45) is 0 Å². The van der Waals surface area contributed by atoms with Crippen LogP contribution in [0.2, 0.25) is 0 Å². The van der Waals surface area contributed by atoms with Crippen LogP contribution in [0.4, 0.5) is 20.0 Å². The summed E-state index contributed by atoms with van der Waals surface area (Å²) in [6.45, 7) is 3.31. The van der Waals surface area contributed by atoms with Gasteiger partial charge in [0.1, 0.15) is 5.69 Å². The number of pyridine rings is 1. The Morgan fingerprint density at radius 3 is 2.80 bits per heavy atom. The summed E-state index contributed by atoms with van der Waals surface area (Å²) < 4.78 is 17.0. The summed E-state index contributed by atoms with van der Waals surface area (Å²) in [6, 6.07) is 8.31. The average Bonchev–Trinajstić information content (AvgIpc) is 3.40. The predicted molar refractivity (Wildman–Crippen MR) is 137 cm³/mol. The lowest BCUT2D eigenvalue weighted by atomic mass is 9.95. The molecule has 1 aliphatic rings. The molecule has 0 radical (unpaired) electrons. The Bertz CT molecular complexity index is 1430. The number of thiazole rings is 1. The predicted octanol–water partition coefficient (Wildman–Crippen LogP) is 5.54. The lowest BCUT2D eigenvalue weighted by Gasteiger charge is -2.15. The van der Waals surface area contributed by atoms with E-state index in [1.54, 1.807) is 29.2 Å². The SMILES string of the molecule is CCSC(=O)Nc1ccc(-n2nc(-c3cccnc3)c3c2-c2sc(NC(C)=O)nc2CC3)c(F)c1. The van der Waals surface area contributed by atoms with E-state index in [0.29, 0.717) is 29.4 Å². The summed E-state index contributed by atoms with van der Waals surface area (Å²) in [4.78, 5) is 33.2. The van der Waals surface area contributed by atoms with Crippen molar-refractivity contribution in [2.45, 2.75) is 26.7 Å². The zero-order valence-corrected chi connectivity index (χ0v) is 20.6. The second kappa shape index (κ2) is 9.59. The molecule has 0 saturated heterocycles. The van der Waals surface area contributed by atoms with E-state index >= 15 is 4.39 Å². The van der Waals surface area contributed by atoms with Gasteiger partial charge in [-0.05, 0) is 48.9 Å². The molecule has 11 heteroatoms. The van der Waals surface area contributed by atoms with Crippen molar-refractivity contribution in [3.8, 4) is 27.5 Å². The smallest absolute Gasteiger partial charge is 0.283 e. The number of aryl methyl sites for hydroxylation is 1. The van der Waals surface area contributed by atoms with E-state index in [9.17, 15) is 9.59 Å². The lowest BCUT2D eigenvalue weighted by Crippen LogP contribution is -2.09. The fourth-order valence-corrected chi connectivity index (χ4v) is 5.59. The third-order valence-electron chi connectivity index (χ3n) is 5.42. The molecule has 35 heavy (non-hydrogen) atoms. The first-order chi connectivity index (χ1) is 16.9. The van der Waals surface area contributed by atoms with Crippen LogP contribution in [0.25, 0.3) is 27.5 Å². The molecule has 0 bridgehead atoms. The quantitative estimate of drug-likeness (QED) is 0.367. The maximum absolute atomic E-state index is 15.4. The molecule has 3 aromatic heterocycles. The number of hydrogen-bond acceptors (Lipinski definition) is 7. The van der Waals surface area contributed by atoms with Crippen LogP contribution in [0.3, 0.4) is 0 Å². The number of anilines is 2. The number of carbonyl (C=O) groups excluding carboxylic acids is 2. The molecule has 178 valence electrons. The zero-order valence-electron chi connectivity index (χ0n) is 19.0. The van der Waals surface area contributed by atoms with Crippen LogP contribution < -0.4 is 10.6 Å². The first-order valence-electron chi connectivity index (χ1n) is 11.0. The van der Waals surface area contributed by atoms with Crippen molar-refractivity contribution in [1.29, 1.82) is 0 Å². The third kappa shape index (κ3) is 4.56. The fourth-order valence-electron chi connectivity index (χ4n) is 4.02. The minimum Gasteiger partial charge on any atom is -0.317 e. The highest BCUT2D eigenvalue weighted by Gasteiger charge is 2.30. The van der Waals surface area contributed by atoms with Crippen LogP contribution >= 0.6 is 23.1 Å². The van der Waals surface area contributed by atoms with Gasteiger partial charge in [-0.3, -0.25) is 14.6 Å². The van der Waals surface area contributed by atoms with Gasteiger partial charge in [0, 0.05) is 36.1 Å². The molecule has 0 saturated carbocycles. The van der Waals surface area contributed by atoms with Crippen LogP contribution in [0.5, 0.6) is 0 Å². The molecule has 1 aliphatic carbocycles. The zero-order chi connectivity index (χ0) is 24.5. The van der Waals surface area contributed by atoms with Gasteiger partial charge in [-0.1, -0.05) is 30.0 Å². The van der Waals surface area contributed by atoms with E-state index < -0.39 is 5.82 Å². The number of nitrogens with one attached hydrogen (secondary N) is 2. The van der Waals surface area contributed by atoms with E-state index in [2.05, 4.69) is 20.6 Å². The minimum absolute atomic E-state index is 0.203. The number of amides is 2. The van der Waals surface area contributed by atoms with Crippen molar-refractivity contribution >= 4 is 45.1 Å². The Morgan fingerprint density at radius 1 is 1.23 bits per heavy atom. The lowest BCUT2D eigenvalue weighted by molar-refractivity contribution is -0.114. The molecule has 0 fully saturated rings. The van der Waals surface area contributed by atoms with Crippen LogP contribution in [0.15, 0.2) is 42.7 Å². The Kier molecular flexibility index (Phi) is 6.35. The van der Waals surface area contributed by atoms with Crippen molar-refractivity contribution in [3.63, 3.8) is 0 Å². The van der Waals surface area contributed by atoms with Gasteiger partial charge in [-0.15, -0.1) is 0 Å². The highest BCUT2D eigenvalue weighted by Crippen LogP contribution is 2.44. The largest absolute Gasteiger partial charge is 0.317 e. The normalized spacial score (nSPS) is 12.1. The monoisotopic (exact) mass is 508 g/mol. The van der Waals surface area contributed by atoms with Crippen molar-refractivity contribution in [2.75, 3.05) is 16.4 Å². The molecule has 5 rings (SSSR count). The molecule has 4 aromatic rings. The van der Waals surface area contributed by atoms with Crippen molar-refractivity contribution < 1.29 is 14.0 Å². The fraction of sp³-hybridized carbons (Fsp3) is 0.208. The van der Waals surface area contributed by atoms with E-state index in [0.717, 1.165) is 44.8 Å². The maximum atomic E-state index is 15.4. The Hall–Kier alpha value is -3.57.